The first kappa shape index (κ1) is 8.96. The molecule has 5 nitrogen and oxygen atoms in total. The molecule has 0 spiro atoms. The van der Waals surface area contributed by atoms with Gasteiger partial charge in [0.1, 0.15) is 16.6 Å². The molecule has 72 valence electrons. The number of hydrogen-bond donors (Lipinski definition) is 2. The van der Waals surface area contributed by atoms with Crippen LogP contribution in [0.3, 0.4) is 0 Å². The van der Waals surface area contributed by atoms with Gasteiger partial charge in [-0.3, -0.25) is 0 Å². The van der Waals surface area contributed by atoms with Gasteiger partial charge in [-0.25, -0.2) is 14.8 Å². The Balaban J connectivity index is 2.85. The van der Waals surface area contributed by atoms with E-state index in [1.807, 2.05) is 0 Å². The molecule has 6 heteroatoms. The lowest BCUT2D eigenvalue weighted by molar-refractivity contribution is 0.0699. The van der Waals surface area contributed by atoms with Crippen molar-refractivity contribution in [2.24, 2.45) is 0 Å². The molecule has 0 fully saturated rings. The van der Waals surface area contributed by atoms with Crippen LogP contribution in [0, 0.1) is 6.92 Å². The number of aromatic carboxylic acids is 1. The third kappa shape index (κ3) is 1.22. The summed E-state index contributed by atoms with van der Waals surface area (Å²) in [7, 11) is 0. The molecule has 0 amide bonds. The van der Waals surface area contributed by atoms with E-state index in [0.717, 1.165) is 0 Å². The fraction of sp³-hybridized carbons (Fsp3) is 0.125. The Morgan fingerprint density at radius 1 is 1.57 bits per heavy atom. The quantitative estimate of drug-likeness (QED) is 0.703. The fourth-order valence-corrected chi connectivity index (χ4v) is 1.58. The summed E-state index contributed by atoms with van der Waals surface area (Å²) in [6.45, 7) is 1.69. The molecule has 0 saturated carbocycles. The van der Waals surface area contributed by atoms with Gasteiger partial charge in [0.05, 0.1) is 10.9 Å². The highest BCUT2D eigenvalue weighted by Gasteiger charge is 2.15. The highest BCUT2D eigenvalue weighted by molar-refractivity contribution is 6.35. The average molecular weight is 212 g/mol. The molecule has 0 unspecified atom stereocenters. The Hall–Kier alpha value is -1.62. The first-order valence-electron chi connectivity index (χ1n) is 3.84. The minimum Gasteiger partial charge on any atom is -0.478 e. The van der Waals surface area contributed by atoms with Crippen LogP contribution in [-0.4, -0.2) is 26.0 Å². The van der Waals surface area contributed by atoms with E-state index in [2.05, 4.69) is 15.0 Å². The predicted octanol–water partition coefficient (Wildman–Crippen LogP) is 1.62. The van der Waals surface area contributed by atoms with Crippen LogP contribution in [0.15, 0.2) is 6.20 Å². The normalized spacial score (nSPS) is 10.7. The molecule has 0 radical (unpaired) electrons. The van der Waals surface area contributed by atoms with Crippen LogP contribution in [0.5, 0.6) is 0 Å². The molecular formula is C8H6ClN3O2. The summed E-state index contributed by atoms with van der Waals surface area (Å²) in [4.78, 5) is 21.4. The first-order valence-corrected chi connectivity index (χ1v) is 4.22. The number of aromatic nitrogens is 3. The largest absolute Gasteiger partial charge is 0.478 e. The lowest BCUT2D eigenvalue weighted by atomic mass is 10.2. The maximum absolute atomic E-state index is 10.8. The summed E-state index contributed by atoms with van der Waals surface area (Å²) >= 11 is 5.82. The second-order valence-electron chi connectivity index (χ2n) is 2.79. The van der Waals surface area contributed by atoms with Gasteiger partial charge in [0.25, 0.3) is 0 Å². The summed E-state index contributed by atoms with van der Waals surface area (Å²) in [6.07, 6.45) is 1.35. The van der Waals surface area contributed by atoms with Gasteiger partial charge in [-0.1, -0.05) is 11.6 Å². The number of hydrogen-bond acceptors (Lipinski definition) is 3. The molecular weight excluding hydrogens is 206 g/mol. The second-order valence-corrected chi connectivity index (χ2v) is 3.15. The molecule has 2 N–H and O–H groups in total. The van der Waals surface area contributed by atoms with Crippen LogP contribution in [0.2, 0.25) is 5.15 Å². The second kappa shape index (κ2) is 2.95. The van der Waals surface area contributed by atoms with Crippen molar-refractivity contribution in [1.29, 1.82) is 0 Å². The van der Waals surface area contributed by atoms with E-state index in [0.29, 0.717) is 16.9 Å². The van der Waals surface area contributed by atoms with Crippen molar-refractivity contribution in [1.82, 2.24) is 15.0 Å². The van der Waals surface area contributed by atoms with Gasteiger partial charge in [0, 0.05) is 6.20 Å². The van der Waals surface area contributed by atoms with Crippen LogP contribution >= 0.6 is 11.6 Å². The Morgan fingerprint density at radius 2 is 2.29 bits per heavy atom. The lowest BCUT2D eigenvalue weighted by Crippen LogP contribution is -1.96. The number of fused-ring (bicyclic) bond motifs is 1. The molecule has 14 heavy (non-hydrogen) atoms. The third-order valence-electron chi connectivity index (χ3n) is 1.83. The highest BCUT2D eigenvalue weighted by Crippen LogP contribution is 2.23. The number of carbonyl (C=O) groups is 1. The molecule has 0 bridgehead atoms. The molecule has 0 aliphatic heterocycles. The van der Waals surface area contributed by atoms with Crippen molar-refractivity contribution in [3.8, 4) is 0 Å². The summed E-state index contributed by atoms with van der Waals surface area (Å²) in [6, 6.07) is 0. The number of halogens is 1. The van der Waals surface area contributed by atoms with Crippen molar-refractivity contribution in [3.05, 3.63) is 22.7 Å². The van der Waals surface area contributed by atoms with Crippen LogP contribution in [0.25, 0.3) is 11.0 Å². The molecule has 2 aromatic rings. The van der Waals surface area contributed by atoms with E-state index >= 15 is 0 Å². The number of aryl methyl sites for hydroxylation is 1. The Kier molecular flexibility index (Phi) is 1.89. The topological polar surface area (TPSA) is 78.9 Å². The summed E-state index contributed by atoms with van der Waals surface area (Å²) in [5.41, 5.74) is 0.532. The number of carboxylic acid groups (broad SMARTS) is 1. The van der Waals surface area contributed by atoms with Crippen LogP contribution in [0.4, 0.5) is 0 Å². The van der Waals surface area contributed by atoms with Gasteiger partial charge in [0.2, 0.25) is 0 Å². The van der Waals surface area contributed by atoms with Crippen LogP contribution in [-0.2, 0) is 0 Å². The molecule has 0 atom stereocenters. The van der Waals surface area contributed by atoms with E-state index < -0.39 is 5.97 Å². The fourth-order valence-electron chi connectivity index (χ4n) is 1.26. The van der Waals surface area contributed by atoms with Crippen molar-refractivity contribution >= 4 is 28.6 Å². The monoisotopic (exact) mass is 211 g/mol. The molecule has 0 aromatic carbocycles. The molecule has 0 saturated heterocycles. The van der Waals surface area contributed by atoms with Gasteiger partial charge in [0.15, 0.2) is 0 Å². The van der Waals surface area contributed by atoms with E-state index in [-0.39, 0.29) is 10.7 Å². The zero-order chi connectivity index (χ0) is 10.3. The molecule has 2 heterocycles. The average Bonchev–Trinajstić information content (AvgIpc) is 2.47. The predicted molar refractivity (Wildman–Crippen MR) is 50.6 cm³/mol. The SMILES string of the molecule is Cc1nc(Cl)c2c(C(=O)O)c[nH]c2n1. The lowest BCUT2D eigenvalue weighted by Gasteiger charge is -1.96. The van der Waals surface area contributed by atoms with Crippen molar-refractivity contribution < 1.29 is 9.90 Å². The highest BCUT2D eigenvalue weighted by atomic mass is 35.5. The molecule has 0 aliphatic carbocycles. The smallest absolute Gasteiger partial charge is 0.338 e. The van der Waals surface area contributed by atoms with Crippen LogP contribution < -0.4 is 0 Å². The maximum atomic E-state index is 10.8. The maximum Gasteiger partial charge on any atom is 0.338 e. The molecule has 2 aromatic heterocycles. The van der Waals surface area contributed by atoms with E-state index in [1.54, 1.807) is 6.92 Å². The van der Waals surface area contributed by atoms with Gasteiger partial charge in [-0.05, 0) is 6.92 Å². The third-order valence-corrected chi connectivity index (χ3v) is 2.10. The summed E-state index contributed by atoms with van der Waals surface area (Å²) < 4.78 is 0. The van der Waals surface area contributed by atoms with Crippen molar-refractivity contribution in [3.63, 3.8) is 0 Å². The standard InChI is InChI=1S/C8H6ClN3O2/c1-3-11-6(9)5-4(8(13)14)2-10-7(5)12-3/h2H,1H3,(H,13,14)(H,10,11,12). The van der Waals surface area contributed by atoms with Crippen molar-refractivity contribution in [2.45, 2.75) is 6.92 Å². The zero-order valence-corrected chi connectivity index (χ0v) is 7.96. The van der Waals surface area contributed by atoms with Gasteiger partial charge < -0.3 is 10.1 Å². The van der Waals surface area contributed by atoms with Crippen LogP contribution in [0.1, 0.15) is 16.2 Å². The minimum absolute atomic E-state index is 0.0880. The number of aromatic amines is 1. The Labute approximate surface area is 83.8 Å². The first-order chi connectivity index (χ1) is 6.59. The van der Waals surface area contributed by atoms with E-state index in [1.165, 1.54) is 6.20 Å². The zero-order valence-electron chi connectivity index (χ0n) is 7.21. The van der Waals surface area contributed by atoms with E-state index in [4.69, 9.17) is 16.7 Å². The van der Waals surface area contributed by atoms with E-state index in [9.17, 15) is 4.79 Å². The number of nitrogens with zero attached hydrogens (tertiary/aromatic N) is 2. The summed E-state index contributed by atoms with van der Waals surface area (Å²) in [5, 5.41) is 9.34. The number of carboxylic acids is 1. The number of rotatable bonds is 1. The van der Waals surface area contributed by atoms with Crippen molar-refractivity contribution in [2.75, 3.05) is 0 Å². The minimum atomic E-state index is -1.05. The van der Waals surface area contributed by atoms with Gasteiger partial charge in [-0.15, -0.1) is 0 Å². The number of H-pyrrole nitrogens is 1. The summed E-state index contributed by atoms with van der Waals surface area (Å²) in [5.74, 6) is -0.549. The Morgan fingerprint density at radius 3 is 2.93 bits per heavy atom. The van der Waals surface area contributed by atoms with Gasteiger partial charge >= 0.3 is 5.97 Å². The number of nitrogens with one attached hydrogen (secondary N) is 1. The molecule has 0 aliphatic rings. The molecule has 2 rings (SSSR count). The Bertz CT molecular complexity index is 521. The van der Waals surface area contributed by atoms with Gasteiger partial charge in [-0.2, -0.15) is 0 Å².